The largest absolute Gasteiger partial charge is 0.352 e. The maximum Gasteiger partial charge on any atom is 0.221 e. The van der Waals surface area contributed by atoms with E-state index in [0.29, 0.717) is 13.0 Å². The molecule has 1 amide bonds. The van der Waals surface area contributed by atoms with Crippen LogP contribution in [0.5, 0.6) is 0 Å². The van der Waals surface area contributed by atoms with Gasteiger partial charge in [-0.25, -0.2) is 0 Å². The van der Waals surface area contributed by atoms with Crippen LogP contribution in [-0.4, -0.2) is 43.5 Å². The average molecular weight is 326 g/mol. The first-order valence-electron chi connectivity index (χ1n) is 6.68. The van der Waals surface area contributed by atoms with Gasteiger partial charge < -0.3 is 15.5 Å². The normalized spacial score (nSPS) is 16.3. The van der Waals surface area contributed by atoms with Crippen LogP contribution in [0.1, 0.15) is 12.0 Å². The van der Waals surface area contributed by atoms with Gasteiger partial charge in [0, 0.05) is 50.2 Å². The Morgan fingerprint density at radius 1 is 1.26 bits per heavy atom. The fourth-order valence-corrected chi connectivity index (χ4v) is 2.35. The molecule has 0 bridgehead atoms. The molecule has 0 radical (unpaired) electrons. The second kappa shape index (κ2) is 7.62. The number of piperazine rings is 1. The number of benzene rings is 1. The van der Waals surface area contributed by atoms with Crippen molar-refractivity contribution in [2.45, 2.75) is 13.0 Å². The van der Waals surface area contributed by atoms with E-state index < -0.39 is 0 Å². The number of carbonyl (C=O) groups is 1. The zero-order chi connectivity index (χ0) is 13.5. The highest BCUT2D eigenvalue weighted by Crippen LogP contribution is 2.10. The molecule has 0 saturated carbocycles. The van der Waals surface area contributed by atoms with Crippen molar-refractivity contribution in [1.29, 1.82) is 0 Å². The van der Waals surface area contributed by atoms with Crippen molar-refractivity contribution in [2.75, 3.05) is 32.7 Å². The minimum absolute atomic E-state index is 0.126. The van der Waals surface area contributed by atoms with E-state index >= 15 is 0 Å². The van der Waals surface area contributed by atoms with Crippen LogP contribution in [0.15, 0.2) is 28.7 Å². The monoisotopic (exact) mass is 325 g/mol. The summed E-state index contributed by atoms with van der Waals surface area (Å²) in [6, 6.07) is 8.01. The number of halogens is 1. The molecule has 1 aliphatic rings. The van der Waals surface area contributed by atoms with E-state index in [1.807, 2.05) is 24.3 Å². The van der Waals surface area contributed by atoms with Crippen LogP contribution >= 0.6 is 15.9 Å². The summed E-state index contributed by atoms with van der Waals surface area (Å²) in [6.07, 6.45) is 0.580. The molecule has 2 N–H and O–H groups in total. The van der Waals surface area contributed by atoms with Crippen LogP contribution in [-0.2, 0) is 11.3 Å². The maximum absolute atomic E-state index is 11.8. The standard InChI is InChI=1S/C14H20BrN3O/c15-13-3-1-12(2-4-13)11-17-14(19)5-8-18-9-6-16-7-10-18/h1-4,16H,5-11H2,(H,17,19). The van der Waals surface area contributed by atoms with Gasteiger partial charge in [-0.3, -0.25) is 4.79 Å². The van der Waals surface area contributed by atoms with Gasteiger partial charge in [-0.05, 0) is 17.7 Å². The molecule has 5 heteroatoms. The fourth-order valence-electron chi connectivity index (χ4n) is 2.09. The number of nitrogens with zero attached hydrogens (tertiary/aromatic N) is 1. The molecular formula is C14H20BrN3O. The molecule has 19 heavy (non-hydrogen) atoms. The Morgan fingerprint density at radius 3 is 2.63 bits per heavy atom. The number of nitrogens with one attached hydrogen (secondary N) is 2. The van der Waals surface area contributed by atoms with E-state index in [1.54, 1.807) is 0 Å². The summed E-state index contributed by atoms with van der Waals surface area (Å²) >= 11 is 3.40. The first kappa shape index (κ1) is 14.5. The Kier molecular flexibility index (Phi) is 5.82. The van der Waals surface area contributed by atoms with Gasteiger partial charge in [-0.15, -0.1) is 0 Å². The van der Waals surface area contributed by atoms with Crippen LogP contribution in [0, 0.1) is 0 Å². The van der Waals surface area contributed by atoms with Crippen molar-refractivity contribution >= 4 is 21.8 Å². The van der Waals surface area contributed by atoms with Gasteiger partial charge in [0.25, 0.3) is 0 Å². The number of hydrogen-bond donors (Lipinski definition) is 2. The number of hydrogen-bond acceptors (Lipinski definition) is 3. The van der Waals surface area contributed by atoms with Crippen molar-refractivity contribution in [3.05, 3.63) is 34.3 Å². The van der Waals surface area contributed by atoms with E-state index in [2.05, 4.69) is 31.5 Å². The lowest BCUT2D eigenvalue weighted by atomic mass is 10.2. The minimum Gasteiger partial charge on any atom is -0.352 e. The second-order valence-corrected chi connectivity index (χ2v) is 5.66. The Hall–Kier alpha value is -0.910. The van der Waals surface area contributed by atoms with Gasteiger partial charge in [-0.1, -0.05) is 28.1 Å². The molecule has 0 unspecified atom stereocenters. The summed E-state index contributed by atoms with van der Waals surface area (Å²) in [5, 5.41) is 6.27. The molecule has 1 aliphatic heterocycles. The highest BCUT2D eigenvalue weighted by Gasteiger charge is 2.10. The summed E-state index contributed by atoms with van der Waals surface area (Å²) < 4.78 is 1.06. The highest BCUT2D eigenvalue weighted by molar-refractivity contribution is 9.10. The van der Waals surface area contributed by atoms with E-state index in [9.17, 15) is 4.79 Å². The molecule has 2 rings (SSSR count). The average Bonchev–Trinajstić information content (AvgIpc) is 2.45. The van der Waals surface area contributed by atoms with E-state index in [-0.39, 0.29) is 5.91 Å². The van der Waals surface area contributed by atoms with Crippen LogP contribution in [0.3, 0.4) is 0 Å². The quantitative estimate of drug-likeness (QED) is 0.859. The molecule has 0 aliphatic carbocycles. The molecule has 0 aromatic heterocycles. The fraction of sp³-hybridized carbons (Fsp3) is 0.500. The molecule has 1 heterocycles. The van der Waals surface area contributed by atoms with Crippen LogP contribution in [0.25, 0.3) is 0 Å². The molecular weight excluding hydrogens is 306 g/mol. The topological polar surface area (TPSA) is 44.4 Å². The lowest BCUT2D eigenvalue weighted by Gasteiger charge is -2.26. The molecule has 0 spiro atoms. The molecule has 1 aromatic carbocycles. The van der Waals surface area contributed by atoms with Gasteiger partial charge in [0.15, 0.2) is 0 Å². The van der Waals surface area contributed by atoms with Gasteiger partial charge in [0.2, 0.25) is 5.91 Å². The van der Waals surface area contributed by atoms with E-state index in [0.717, 1.165) is 42.8 Å². The molecule has 1 fully saturated rings. The Bertz CT molecular complexity index is 402. The third kappa shape index (κ3) is 5.30. The second-order valence-electron chi connectivity index (χ2n) is 4.74. The molecule has 4 nitrogen and oxygen atoms in total. The maximum atomic E-state index is 11.8. The molecule has 1 aromatic rings. The van der Waals surface area contributed by atoms with Crippen LogP contribution < -0.4 is 10.6 Å². The third-order valence-corrected chi connectivity index (χ3v) is 3.80. The van der Waals surface area contributed by atoms with E-state index in [4.69, 9.17) is 0 Å². The number of rotatable bonds is 5. The molecule has 1 saturated heterocycles. The Balaban J connectivity index is 1.65. The summed E-state index contributed by atoms with van der Waals surface area (Å²) in [7, 11) is 0. The van der Waals surface area contributed by atoms with Crippen molar-refractivity contribution in [3.63, 3.8) is 0 Å². The van der Waals surface area contributed by atoms with Crippen molar-refractivity contribution in [1.82, 2.24) is 15.5 Å². The van der Waals surface area contributed by atoms with Crippen molar-refractivity contribution < 1.29 is 4.79 Å². The van der Waals surface area contributed by atoms with Gasteiger partial charge in [-0.2, -0.15) is 0 Å². The van der Waals surface area contributed by atoms with Gasteiger partial charge in [0.05, 0.1) is 0 Å². The van der Waals surface area contributed by atoms with E-state index in [1.165, 1.54) is 0 Å². The SMILES string of the molecule is O=C(CCN1CCNCC1)NCc1ccc(Br)cc1. The minimum atomic E-state index is 0.126. The smallest absolute Gasteiger partial charge is 0.221 e. The predicted molar refractivity (Wildman–Crippen MR) is 79.9 cm³/mol. The first-order chi connectivity index (χ1) is 9.24. The summed E-state index contributed by atoms with van der Waals surface area (Å²) in [6.45, 7) is 5.60. The van der Waals surface area contributed by atoms with Gasteiger partial charge in [0.1, 0.15) is 0 Å². The summed E-state index contributed by atoms with van der Waals surface area (Å²) in [5.41, 5.74) is 1.12. The van der Waals surface area contributed by atoms with Crippen molar-refractivity contribution in [2.24, 2.45) is 0 Å². The third-order valence-electron chi connectivity index (χ3n) is 3.27. The van der Waals surface area contributed by atoms with Crippen molar-refractivity contribution in [3.8, 4) is 0 Å². The lowest BCUT2D eigenvalue weighted by molar-refractivity contribution is -0.121. The predicted octanol–water partition coefficient (Wildman–Crippen LogP) is 1.36. The Labute approximate surface area is 122 Å². The number of amides is 1. The highest BCUT2D eigenvalue weighted by atomic mass is 79.9. The van der Waals surface area contributed by atoms with Crippen LogP contribution in [0.2, 0.25) is 0 Å². The zero-order valence-electron chi connectivity index (χ0n) is 11.0. The molecule has 104 valence electrons. The lowest BCUT2D eigenvalue weighted by Crippen LogP contribution is -2.44. The molecule has 0 atom stereocenters. The summed E-state index contributed by atoms with van der Waals surface area (Å²) in [4.78, 5) is 14.1. The first-order valence-corrected chi connectivity index (χ1v) is 7.47. The Morgan fingerprint density at radius 2 is 1.95 bits per heavy atom. The van der Waals surface area contributed by atoms with Crippen LogP contribution in [0.4, 0.5) is 0 Å². The number of carbonyl (C=O) groups excluding carboxylic acids is 1. The van der Waals surface area contributed by atoms with Gasteiger partial charge >= 0.3 is 0 Å². The summed E-state index contributed by atoms with van der Waals surface area (Å²) in [5.74, 6) is 0.126. The zero-order valence-corrected chi connectivity index (χ0v) is 12.6.